The van der Waals surface area contributed by atoms with Gasteiger partial charge in [-0.3, -0.25) is 34.3 Å². The number of hydrogen-bond acceptors (Lipinski definition) is 11. The molecule has 0 saturated carbocycles. The lowest BCUT2D eigenvalue weighted by Gasteiger charge is -2.28. The smallest absolute Gasteiger partial charge is 0.258 e. The predicted molar refractivity (Wildman–Crippen MR) is 374 cm³/mol. The van der Waals surface area contributed by atoms with Crippen molar-refractivity contribution in [2.45, 2.75) is 6.23 Å². The van der Waals surface area contributed by atoms with E-state index in [1.54, 1.807) is 96.1 Å². The van der Waals surface area contributed by atoms with E-state index in [2.05, 4.69) is 29.9 Å². The number of aromatic nitrogens is 6. The van der Waals surface area contributed by atoms with Crippen molar-refractivity contribution in [2.24, 2.45) is 0 Å². The monoisotopic (exact) mass is 1230 g/mol. The van der Waals surface area contributed by atoms with E-state index >= 15 is 14.4 Å². The van der Waals surface area contributed by atoms with Crippen LogP contribution in [-0.2, 0) is 0 Å². The summed E-state index contributed by atoms with van der Waals surface area (Å²) in [6, 6.07) is 80.0. The zero-order valence-corrected chi connectivity index (χ0v) is 51.9. The zero-order valence-electron chi connectivity index (χ0n) is 51.9. The Morgan fingerprint density at radius 3 is 1.01 bits per heavy atom. The molecule has 0 aliphatic carbocycles. The normalized spacial score (nSPS) is 11.3. The zero-order chi connectivity index (χ0) is 64.7. The van der Waals surface area contributed by atoms with E-state index in [1.807, 2.05) is 244 Å². The van der Waals surface area contributed by atoms with Gasteiger partial charge in [-0.05, 0) is 173 Å². The molecule has 14 heteroatoms. The molecule has 0 aliphatic rings. The summed E-state index contributed by atoms with van der Waals surface area (Å²) in [5.41, 5.74) is 15.5. The lowest BCUT2D eigenvalue weighted by molar-refractivity contribution is 0.0982. The summed E-state index contributed by atoms with van der Waals surface area (Å²) in [4.78, 5) is 79.5. The lowest BCUT2D eigenvalue weighted by Crippen LogP contribution is -2.28. The molecule has 0 aliphatic heterocycles. The van der Waals surface area contributed by atoms with Crippen LogP contribution in [0.1, 0.15) is 42.9 Å². The van der Waals surface area contributed by atoms with Crippen molar-refractivity contribution in [1.29, 1.82) is 0 Å². The van der Waals surface area contributed by atoms with Crippen LogP contribution in [0.25, 0.3) is 89.8 Å². The minimum atomic E-state index is -1.25. The maximum atomic E-state index is 15.3. The van der Waals surface area contributed by atoms with Crippen LogP contribution in [0.15, 0.2) is 292 Å². The van der Waals surface area contributed by atoms with Crippen molar-refractivity contribution in [1.82, 2.24) is 29.9 Å². The first-order valence-corrected chi connectivity index (χ1v) is 30.5. The topological polar surface area (TPSA) is 162 Å². The molecule has 14 nitrogen and oxygen atoms in total. The van der Waals surface area contributed by atoms with Crippen LogP contribution in [-0.4, -0.2) is 80.9 Å². The van der Waals surface area contributed by atoms with Crippen molar-refractivity contribution >= 4 is 40.5 Å². The molecule has 13 rings (SSSR count). The highest BCUT2D eigenvalue weighted by molar-refractivity contribution is 6.12. The van der Waals surface area contributed by atoms with E-state index in [0.717, 1.165) is 61.8 Å². The Hall–Kier alpha value is -12.4. The fourth-order valence-electron chi connectivity index (χ4n) is 11.6. The van der Waals surface area contributed by atoms with Gasteiger partial charge in [-0.15, -0.1) is 0 Å². The Bertz CT molecular complexity index is 4700. The number of hydrogen-bond donors (Lipinski definition) is 1. The van der Waals surface area contributed by atoms with Crippen molar-refractivity contribution in [2.75, 3.05) is 47.8 Å². The number of nitrogens with zero attached hydrogens (tertiary/aromatic N) is 10. The van der Waals surface area contributed by atoms with Gasteiger partial charge in [0.25, 0.3) is 17.7 Å². The van der Waals surface area contributed by atoms with E-state index in [4.69, 9.17) is 0 Å². The first-order valence-electron chi connectivity index (χ1n) is 30.5. The molecule has 8 aromatic carbocycles. The summed E-state index contributed by atoms with van der Waals surface area (Å²) in [6.07, 6.45) is 9.12. The molecule has 0 spiro atoms. The van der Waals surface area contributed by atoms with Gasteiger partial charge in [0.1, 0.15) is 0 Å². The molecule has 1 atom stereocenters. The summed E-state index contributed by atoms with van der Waals surface area (Å²) in [5, 5.41) is 12.7. The highest BCUT2D eigenvalue weighted by Crippen LogP contribution is 2.43. The second-order valence-electron chi connectivity index (χ2n) is 22.6. The quantitative estimate of drug-likeness (QED) is 0.0864. The van der Waals surface area contributed by atoms with Gasteiger partial charge in [0.15, 0.2) is 12.1 Å². The Morgan fingerprint density at radius 2 is 0.638 bits per heavy atom. The van der Waals surface area contributed by atoms with Gasteiger partial charge in [-0.1, -0.05) is 115 Å². The molecule has 3 amide bonds. The van der Waals surface area contributed by atoms with Crippen LogP contribution in [0.5, 0.6) is 0 Å². The molecule has 1 unspecified atom stereocenters. The average Bonchev–Trinajstić information content (AvgIpc) is 0.771. The first kappa shape index (κ1) is 60.5. The number of carbonyl (C=O) groups is 3. The predicted octanol–water partition coefficient (Wildman–Crippen LogP) is 16.3. The number of benzene rings is 8. The third kappa shape index (κ3) is 12.9. The highest BCUT2D eigenvalue weighted by atomic mass is 16.3. The second-order valence-corrected chi connectivity index (χ2v) is 22.6. The Morgan fingerprint density at radius 1 is 0.309 bits per heavy atom. The molecule has 94 heavy (non-hydrogen) atoms. The SMILES string of the molecule is CN(C(=O)c1cc(C(=O)N(C)c2ccc(-c3ccccn3)cc2)cc(-c2cccc(-c3cc(C(=O)N(C)c4ccc(-c5ccccn5)cc4)cc(C(O)N(C)c4ccc(-c5ccccn5)cc4)c3)c2-c2ccc(-c3ncccn3)cc2)c1)c1ccc(-c2ccccn2)cc1. The van der Waals surface area contributed by atoms with Gasteiger partial charge in [0.05, 0.1) is 22.8 Å². The summed E-state index contributed by atoms with van der Waals surface area (Å²) < 4.78 is 0. The number of anilines is 4. The number of aliphatic hydroxyl groups excluding tert-OH is 1. The standard InChI is InChI=1S/C80H62N10O4/c1-87(65-33-25-53(26-34-65)71-17-5-9-41-81-71)77(91)61-47-59(48-62(51-61)78(92)88(2)66-35-27-54(28-36-66)72-18-6-10-42-82-72)69-15-13-16-70(75(69)57-21-23-58(24-22-57)76-85-45-14-46-86-76)60-49-63(79(93)89(3)67-37-29-55(30-38-67)73-19-7-11-43-83-73)52-64(50-60)80(94)90(4)68-39-31-56(32-40-68)74-20-8-12-44-84-74/h5-52,77,91H,1-4H3. The highest BCUT2D eigenvalue weighted by Gasteiger charge is 2.26. The minimum absolute atomic E-state index is 0.259. The second kappa shape index (κ2) is 27.0. The van der Waals surface area contributed by atoms with Gasteiger partial charge in [-0.2, -0.15) is 0 Å². The van der Waals surface area contributed by atoms with E-state index in [9.17, 15) is 5.11 Å². The summed E-state index contributed by atoms with van der Waals surface area (Å²) >= 11 is 0. The molecular formula is C80H62N10O4. The number of rotatable bonds is 17. The van der Waals surface area contributed by atoms with E-state index in [0.29, 0.717) is 61.8 Å². The van der Waals surface area contributed by atoms with Crippen LogP contribution in [0.2, 0.25) is 0 Å². The van der Waals surface area contributed by atoms with Gasteiger partial charge < -0.3 is 24.7 Å². The Labute approximate surface area is 545 Å². The molecule has 5 heterocycles. The summed E-state index contributed by atoms with van der Waals surface area (Å²) in [7, 11) is 6.98. The van der Waals surface area contributed by atoms with Crippen molar-refractivity contribution in [3.05, 3.63) is 314 Å². The van der Waals surface area contributed by atoms with E-state index < -0.39 is 6.23 Å². The van der Waals surface area contributed by atoms with Gasteiger partial charge in [0.2, 0.25) is 0 Å². The molecule has 13 aromatic rings. The van der Waals surface area contributed by atoms with Gasteiger partial charge in [-0.25, -0.2) is 9.97 Å². The molecule has 0 radical (unpaired) electrons. The summed E-state index contributed by atoms with van der Waals surface area (Å²) in [5.74, 6) is -0.499. The fourth-order valence-corrected chi connectivity index (χ4v) is 11.6. The molecule has 456 valence electrons. The molecule has 1 N–H and O–H groups in total. The van der Waals surface area contributed by atoms with Crippen LogP contribution < -0.4 is 19.6 Å². The molecule has 0 saturated heterocycles. The van der Waals surface area contributed by atoms with Crippen molar-refractivity contribution in [3.8, 4) is 89.8 Å². The molecular weight excluding hydrogens is 1160 g/mol. The molecule has 0 fully saturated rings. The van der Waals surface area contributed by atoms with Gasteiger partial charge in [0, 0.05) is 138 Å². The first-order chi connectivity index (χ1) is 45.9. The van der Waals surface area contributed by atoms with Crippen molar-refractivity contribution in [3.63, 3.8) is 0 Å². The summed E-state index contributed by atoms with van der Waals surface area (Å²) in [6.45, 7) is 0. The number of carbonyl (C=O) groups excluding carboxylic acids is 3. The van der Waals surface area contributed by atoms with Gasteiger partial charge >= 0.3 is 0 Å². The minimum Gasteiger partial charge on any atom is -0.369 e. The van der Waals surface area contributed by atoms with Crippen LogP contribution >= 0.6 is 0 Å². The van der Waals surface area contributed by atoms with Crippen molar-refractivity contribution < 1.29 is 19.5 Å². The fraction of sp³-hybridized carbons (Fsp3) is 0.0625. The average molecular weight is 1230 g/mol. The third-order valence-corrected chi connectivity index (χ3v) is 16.8. The number of amides is 3. The van der Waals surface area contributed by atoms with Crippen LogP contribution in [0.4, 0.5) is 22.7 Å². The molecule has 0 bridgehead atoms. The molecule has 5 aromatic heterocycles. The van der Waals surface area contributed by atoms with Crippen LogP contribution in [0.3, 0.4) is 0 Å². The maximum Gasteiger partial charge on any atom is 0.258 e. The largest absolute Gasteiger partial charge is 0.369 e. The third-order valence-electron chi connectivity index (χ3n) is 16.8. The maximum absolute atomic E-state index is 15.3. The van der Waals surface area contributed by atoms with E-state index in [1.165, 1.54) is 0 Å². The van der Waals surface area contributed by atoms with E-state index in [-0.39, 0.29) is 28.8 Å². The Kier molecular flexibility index (Phi) is 17.4. The number of aliphatic hydroxyl groups is 1. The lowest BCUT2D eigenvalue weighted by atomic mass is 9.85. The number of pyridine rings is 4. The van der Waals surface area contributed by atoms with Crippen LogP contribution in [0, 0.1) is 0 Å². The Balaban J connectivity index is 0.962.